The summed E-state index contributed by atoms with van der Waals surface area (Å²) < 4.78 is 6.50. The summed E-state index contributed by atoms with van der Waals surface area (Å²) >= 11 is 1.64. The molecule has 150 valence electrons. The van der Waals surface area contributed by atoms with Crippen molar-refractivity contribution in [3.05, 3.63) is 88.6 Å². The van der Waals surface area contributed by atoms with E-state index < -0.39 is 0 Å². The van der Waals surface area contributed by atoms with Gasteiger partial charge in [0.2, 0.25) is 5.95 Å². The molecule has 0 aliphatic heterocycles. The highest BCUT2D eigenvalue weighted by Gasteiger charge is 2.16. The first-order valence-corrected chi connectivity index (χ1v) is 10.3. The van der Waals surface area contributed by atoms with Crippen LogP contribution in [0.4, 0.5) is 5.95 Å². The number of carbonyl (C=O) groups is 1. The normalized spacial score (nSPS) is 11.0. The van der Waals surface area contributed by atoms with E-state index in [-0.39, 0.29) is 5.91 Å². The largest absolute Gasteiger partial charge is 0.497 e. The molecule has 7 heteroatoms. The minimum Gasteiger partial charge on any atom is -0.497 e. The van der Waals surface area contributed by atoms with Gasteiger partial charge in [-0.05, 0) is 47.4 Å². The van der Waals surface area contributed by atoms with Crippen LogP contribution in [0.2, 0.25) is 0 Å². The highest BCUT2D eigenvalue weighted by molar-refractivity contribution is 7.09. The molecule has 30 heavy (non-hydrogen) atoms. The molecule has 0 bridgehead atoms. The Morgan fingerprint density at radius 3 is 2.60 bits per heavy atom. The third kappa shape index (κ3) is 4.64. The molecule has 0 unspecified atom stereocenters. The monoisotopic (exact) mass is 416 g/mol. The van der Waals surface area contributed by atoms with E-state index in [1.54, 1.807) is 24.5 Å². The molecule has 2 aromatic carbocycles. The Morgan fingerprint density at radius 2 is 1.90 bits per heavy atom. The zero-order valence-electron chi connectivity index (χ0n) is 16.4. The van der Waals surface area contributed by atoms with Crippen LogP contribution >= 0.6 is 11.3 Å². The Bertz CT molecular complexity index is 1130. The van der Waals surface area contributed by atoms with Crippen LogP contribution in [0.25, 0.3) is 17.5 Å². The van der Waals surface area contributed by atoms with Crippen molar-refractivity contribution in [1.82, 2.24) is 14.8 Å². The van der Waals surface area contributed by atoms with E-state index in [4.69, 9.17) is 4.74 Å². The van der Waals surface area contributed by atoms with Gasteiger partial charge in [-0.3, -0.25) is 4.79 Å². The molecule has 4 aromatic rings. The minimum absolute atomic E-state index is 0.278. The summed E-state index contributed by atoms with van der Waals surface area (Å²) in [5, 5.41) is 9.69. The molecule has 0 radical (unpaired) electrons. The van der Waals surface area contributed by atoms with Gasteiger partial charge in [0.15, 0.2) is 5.82 Å². The van der Waals surface area contributed by atoms with Crippen molar-refractivity contribution in [1.29, 1.82) is 0 Å². The molecular formula is C23H20N4O2S. The van der Waals surface area contributed by atoms with Gasteiger partial charge in [0, 0.05) is 16.5 Å². The minimum atomic E-state index is -0.278. The molecule has 1 N–H and O–H groups in total. The number of aromatic nitrogens is 3. The predicted molar refractivity (Wildman–Crippen MR) is 120 cm³/mol. The Morgan fingerprint density at radius 1 is 1.10 bits per heavy atom. The van der Waals surface area contributed by atoms with E-state index in [1.165, 1.54) is 10.8 Å². The smallest absolute Gasteiger partial charge is 0.274 e. The third-order valence-corrected chi connectivity index (χ3v) is 5.26. The first-order chi connectivity index (χ1) is 14.7. The van der Waals surface area contributed by atoms with Gasteiger partial charge >= 0.3 is 0 Å². The summed E-state index contributed by atoms with van der Waals surface area (Å²) in [7, 11) is 1.62. The van der Waals surface area contributed by atoms with Crippen LogP contribution in [0.5, 0.6) is 5.75 Å². The lowest BCUT2D eigenvalue weighted by Gasteiger charge is -2.04. The first-order valence-electron chi connectivity index (χ1n) is 9.38. The van der Waals surface area contributed by atoms with Gasteiger partial charge in [-0.25, -0.2) is 0 Å². The maximum atomic E-state index is 12.9. The van der Waals surface area contributed by atoms with Gasteiger partial charge in [0.25, 0.3) is 5.91 Å². The maximum Gasteiger partial charge on any atom is 0.274 e. The number of rotatable bonds is 7. The summed E-state index contributed by atoms with van der Waals surface area (Å²) in [6, 6.07) is 21.1. The average molecular weight is 417 g/mol. The van der Waals surface area contributed by atoms with Crippen molar-refractivity contribution in [2.24, 2.45) is 0 Å². The van der Waals surface area contributed by atoms with Crippen molar-refractivity contribution in [2.75, 3.05) is 12.4 Å². The van der Waals surface area contributed by atoms with Crippen LogP contribution in [0.1, 0.15) is 15.2 Å². The van der Waals surface area contributed by atoms with Gasteiger partial charge in [0.1, 0.15) is 5.75 Å². The summed E-state index contributed by atoms with van der Waals surface area (Å²) in [6.07, 6.45) is 3.26. The lowest BCUT2D eigenvalue weighted by molar-refractivity contribution is 0.0957. The van der Waals surface area contributed by atoms with E-state index in [2.05, 4.69) is 15.4 Å². The van der Waals surface area contributed by atoms with Gasteiger partial charge < -0.3 is 10.1 Å². The topological polar surface area (TPSA) is 69.0 Å². The number of allylic oxidation sites excluding steroid dienone is 1. The van der Waals surface area contributed by atoms with Gasteiger partial charge in [0.05, 0.1) is 13.7 Å². The highest BCUT2D eigenvalue weighted by Crippen LogP contribution is 2.22. The Hall–Kier alpha value is -3.71. The highest BCUT2D eigenvalue weighted by atomic mass is 32.1. The second kappa shape index (κ2) is 9.19. The molecule has 0 amide bonds. The Balaban J connectivity index is 1.62. The maximum absolute atomic E-state index is 12.9. The van der Waals surface area contributed by atoms with Crippen LogP contribution < -0.4 is 10.1 Å². The fourth-order valence-electron chi connectivity index (χ4n) is 2.82. The summed E-state index contributed by atoms with van der Waals surface area (Å²) in [6.45, 7) is 0.564. The van der Waals surface area contributed by atoms with E-state index in [0.29, 0.717) is 18.3 Å². The van der Waals surface area contributed by atoms with Gasteiger partial charge in [-0.1, -0.05) is 36.4 Å². The number of anilines is 1. The van der Waals surface area contributed by atoms with E-state index in [1.807, 2.05) is 72.1 Å². The summed E-state index contributed by atoms with van der Waals surface area (Å²) in [4.78, 5) is 18.6. The molecule has 4 rings (SSSR count). The second-order valence-electron chi connectivity index (χ2n) is 6.41. The average Bonchev–Trinajstić information content (AvgIpc) is 3.47. The molecule has 6 nitrogen and oxygen atoms in total. The number of hydrogen-bond acceptors (Lipinski definition) is 6. The van der Waals surface area contributed by atoms with Crippen LogP contribution in [-0.4, -0.2) is 27.8 Å². The number of benzene rings is 2. The first kappa shape index (κ1) is 19.6. The number of nitrogens with one attached hydrogen (secondary N) is 1. The Labute approximate surface area is 178 Å². The van der Waals surface area contributed by atoms with Crippen LogP contribution in [0, 0.1) is 0 Å². The van der Waals surface area contributed by atoms with Crippen molar-refractivity contribution < 1.29 is 9.53 Å². The number of methoxy groups -OCH3 is 1. The molecule has 0 fully saturated rings. The number of thiophene rings is 1. The summed E-state index contributed by atoms with van der Waals surface area (Å²) in [5.41, 5.74) is 1.74. The summed E-state index contributed by atoms with van der Waals surface area (Å²) in [5.74, 6) is 1.33. The molecule has 0 saturated carbocycles. The number of carbonyl (C=O) groups excluding carboxylic acids is 1. The van der Waals surface area contributed by atoms with Crippen molar-refractivity contribution in [3.8, 4) is 17.1 Å². The molecule has 0 spiro atoms. The number of ether oxygens (including phenoxy) is 1. The Kier molecular flexibility index (Phi) is 6.01. The van der Waals surface area contributed by atoms with Crippen LogP contribution in [0.15, 0.2) is 78.2 Å². The quantitative estimate of drug-likeness (QED) is 0.430. The van der Waals surface area contributed by atoms with E-state index >= 15 is 0 Å². The van der Waals surface area contributed by atoms with Crippen LogP contribution in [0.3, 0.4) is 0 Å². The fourth-order valence-corrected chi connectivity index (χ4v) is 3.47. The second-order valence-corrected chi connectivity index (χ2v) is 7.45. The van der Waals surface area contributed by atoms with Gasteiger partial charge in [-0.15, -0.1) is 16.4 Å². The van der Waals surface area contributed by atoms with Crippen molar-refractivity contribution >= 4 is 29.3 Å². The van der Waals surface area contributed by atoms with E-state index in [9.17, 15) is 4.79 Å². The lowest BCUT2D eigenvalue weighted by Crippen LogP contribution is -2.14. The zero-order chi connectivity index (χ0) is 20.8. The molecule has 0 aliphatic rings. The fraction of sp³-hybridized carbons (Fsp3) is 0.0870. The molecule has 2 heterocycles. The zero-order valence-corrected chi connectivity index (χ0v) is 17.2. The SMILES string of the molecule is COc1ccc(-c2nc(NCc3cccs3)n(C(=O)C=Cc3ccccc3)n2)cc1. The number of hydrogen-bond donors (Lipinski definition) is 1. The van der Waals surface area contributed by atoms with Crippen molar-refractivity contribution in [3.63, 3.8) is 0 Å². The molecule has 0 saturated heterocycles. The molecular weight excluding hydrogens is 396 g/mol. The van der Waals surface area contributed by atoms with Crippen molar-refractivity contribution in [2.45, 2.75) is 6.54 Å². The molecule has 0 aliphatic carbocycles. The lowest BCUT2D eigenvalue weighted by atomic mass is 10.2. The predicted octanol–water partition coefficient (Wildman–Crippen LogP) is 4.98. The number of nitrogens with zero attached hydrogens (tertiary/aromatic N) is 3. The van der Waals surface area contributed by atoms with Crippen LogP contribution in [-0.2, 0) is 6.54 Å². The molecule has 2 aromatic heterocycles. The molecule has 0 atom stereocenters. The third-order valence-electron chi connectivity index (χ3n) is 4.38. The van der Waals surface area contributed by atoms with E-state index in [0.717, 1.165) is 21.8 Å². The van der Waals surface area contributed by atoms with Gasteiger partial charge in [-0.2, -0.15) is 9.67 Å². The standard InChI is InChI=1S/C23H20N4O2S/c1-29-19-12-10-18(11-13-19)22-25-23(24-16-20-8-5-15-30-20)27(26-22)21(28)14-9-17-6-3-2-4-7-17/h2-15H,16H2,1H3,(H,24,25,26).